The van der Waals surface area contributed by atoms with Gasteiger partial charge in [0.25, 0.3) is 5.91 Å². The smallest absolute Gasteiger partial charge is 0.270 e. The van der Waals surface area contributed by atoms with E-state index in [0.717, 1.165) is 29.8 Å². The largest absolute Gasteiger partial charge is 0.345 e. The molecule has 88 valence electrons. The van der Waals surface area contributed by atoms with E-state index in [9.17, 15) is 4.79 Å². The average Bonchev–Trinajstić information content (AvgIpc) is 2.50. The summed E-state index contributed by atoms with van der Waals surface area (Å²) in [6.07, 6.45) is 1.90. The number of aryl methyl sites for hydroxylation is 1. The molecule has 5 heteroatoms. The predicted molar refractivity (Wildman–Crippen MR) is 66.5 cm³/mol. The summed E-state index contributed by atoms with van der Waals surface area (Å²) in [5.74, 6) is 0.113. The molecule has 0 atom stereocenters. The molecule has 0 radical (unpaired) electrons. The lowest BCUT2D eigenvalue weighted by atomic mass is 10.1. The van der Waals surface area contributed by atoms with E-state index < -0.39 is 0 Å². The van der Waals surface area contributed by atoms with Crippen molar-refractivity contribution in [2.45, 2.75) is 13.0 Å². The average molecular weight is 286 g/mol. The minimum absolute atomic E-state index is 0.113. The fraction of sp³-hybridized carbons (Fsp3) is 0.545. The third-order valence-electron chi connectivity index (χ3n) is 2.99. The lowest BCUT2D eigenvalue weighted by molar-refractivity contribution is 0.0620. The summed E-state index contributed by atoms with van der Waals surface area (Å²) < 4.78 is 2.81. The Morgan fingerprint density at radius 2 is 2.38 bits per heavy atom. The summed E-state index contributed by atoms with van der Waals surface area (Å²) >= 11 is 3.39. The van der Waals surface area contributed by atoms with Crippen LogP contribution in [0, 0.1) is 0 Å². The van der Waals surface area contributed by atoms with Gasteiger partial charge < -0.3 is 14.8 Å². The summed E-state index contributed by atoms with van der Waals surface area (Å²) in [6.45, 7) is 4.60. The van der Waals surface area contributed by atoms with Crippen LogP contribution < -0.4 is 5.32 Å². The Hall–Kier alpha value is -0.810. The van der Waals surface area contributed by atoms with Crippen molar-refractivity contribution in [3.8, 4) is 0 Å². The number of amides is 1. The predicted octanol–water partition coefficient (Wildman–Crippen LogP) is 1.22. The quantitative estimate of drug-likeness (QED) is 0.907. The molecule has 1 amide bonds. The zero-order chi connectivity index (χ0) is 11.7. The van der Waals surface area contributed by atoms with Gasteiger partial charge in [0.1, 0.15) is 5.69 Å². The maximum Gasteiger partial charge on any atom is 0.270 e. The summed E-state index contributed by atoms with van der Waals surface area (Å²) in [4.78, 5) is 14.2. The van der Waals surface area contributed by atoms with Gasteiger partial charge in [-0.1, -0.05) is 0 Å². The molecule has 1 aromatic heterocycles. The Morgan fingerprint density at radius 1 is 1.69 bits per heavy atom. The van der Waals surface area contributed by atoms with E-state index in [0.29, 0.717) is 6.04 Å². The molecule has 1 aliphatic heterocycles. The van der Waals surface area contributed by atoms with Crippen LogP contribution in [0.4, 0.5) is 0 Å². The van der Waals surface area contributed by atoms with E-state index in [4.69, 9.17) is 0 Å². The maximum absolute atomic E-state index is 12.3. The number of aromatic nitrogens is 1. The second kappa shape index (κ2) is 4.59. The first-order valence-corrected chi connectivity index (χ1v) is 6.26. The molecule has 1 saturated heterocycles. The number of hydrogen-bond acceptors (Lipinski definition) is 2. The van der Waals surface area contributed by atoms with Gasteiger partial charge in [0.05, 0.1) is 6.04 Å². The Balaban J connectivity index is 2.19. The highest BCUT2D eigenvalue weighted by atomic mass is 79.9. The van der Waals surface area contributed by atoms with Crippen molar-refractivity contribution in [3.63, 3.8) is 0 Å². The van der Waals surface area contributed by atoms with Crippen LogP contribution in [0.2, 0.25) is 0 Å². The third kappa shape index (κ3) is 2.01. The molecule has 2 heterocycles. The van der Waals surface area contributed by atoms with Gasteiger partial charge in [0.2, 0.25) is 0 Å². The molecule has 0 aromatic carbocycles. The van der Waals surface area contributed by atoms with E-state index >= 15 is 0 Å². The second-order valence-electron chi connectivity index (χ2n) is 4.06. The number of carbonyl (C=O) groups is 1. The van der Waals surface area contributed by atoms with E-state index in [-0.39, 0.29) is 5.91 Å². The van der Waals surface area contributed by atoms with Crippen LogP contribution in [-0.2, 0) is 7.05 Å². The van der Waals surface area contributed by atoms with Gasteiger partial charge in [-0.3, -0.25) is 4.79 Å². The lowest BCUT2D eigenvalue weighted by Crippen LogP contribution is -2.58. The first kappa shape index (κ1) is 11.7. The molecule has 2 rings (SSSR count). The fourth-order valence-electron chi connectivity index (χ4n) is 1.95. The number of halogens is 1. The summed E-state index contributed by atoms with van der Waals surface area (Å²) in [5.41, 5.74) is 0.737. The first-order chi connectivity index (χ1) is 7.63. The van der Waals surface area contributed by atoms with Gasteiger partial charge in [-0.15, -0.1) is 0 Å². The normalized spacial score (nSPS) is 15.9. The molecular formula is C11H16BrN3O. The standard InChI is InChI=1S/C11H16BrN3O/c1-3-15(9-5-13-6-9)11(16)10-4-8(12)7-14(10)2/h4,7,9,13H,3,5-6H2,1-2H3. The van der Waals surface area contributed by atoms with Crippen LogP contribution in [0.25, 0.3) is 0 Å². The molecular weight excluding hydrogens is 270 g/mol. The van der Waals surface area contributed by atoms with E-state index in [1.54, 1.807) is 0 Å². The number of hydrogen-bond donors (Lipinski definition) is 1. The number of carbonyl (C=O) groups excluding carboxylic acids is 1. The highest BCUT2D eigenvalue weighted by Crippen LogP contribution is 2.17. The van der Waals surface area contributed by atoms with E-state index in [2.05, 4.69) is 21.2 Å². The summed E-state index contributed by atoms with van der Waals surface area (Å²) in [7, 11) is 1.89. The van der Waals surface area contributed by atoms with Crippen molar-refractivity contribution >= 4 is 21.8 Å². The van der Waals surface area contributed by atoms with Crippen LogP contribution in [-0.4, -0.2) is 41.1 Å². The van der Waals surface area contributed by atoms with Gasteiger partial charge in [0, 0.05) is 37.4 Å². The number of rotatable bonds is 3. The van der Waals surface area contributed by atoms with Crippen molar-refractivity contribution in [1.82, 2.24) is 14.8 Å². The topological polar surface area (TPSA) is 37.3 Å². The van der Waals surface area contributed by atoms with Gasteiger partial charge in [-0.05, 0) is 28.9 Å². The highest BCUT2D eigenvalue weighted by Gasteiger charge is 2.29. The van der Waals surface area contributed by atoms with Crippen molar-refractivity contribution in [2.24, 2.45) is 7.05 Å². The Bertz CT molecular complexity index is 398. The lowest BCUT2D eigenvalue weighted by Gasteiger charge is -2.37. The second-order valence-corrected chi connectivity index (χ2v) is 4.97. The van der Waals surface area contributed by atoms with Crippen molar-refractivity contribution in [2.75, 3.05) is 19.6 Å². The Labute approximate surface area is 104 Å². The van der Waals surface area contributed by atoms with Gasteiger partial charge in [-0.2, -0.15) is 0 Å². The van der Waals surface area contributed by atoms with Crippen LogP contribution in [0.15, 0.2) is 16.7 Å². The molecule has 0 saturated carbocycles. The highest BCUT2D eigenvalue weighted by molar-refractivity contribution is 9.10. The minimum Gasteiger partial charge on any atom is -0.345 e. The van der Waals surface area contributed by atoms with Gasteiger partial charge in [0.15, 0.2) is 0 Å². The molecule has 0 bridgehead atoms. The molecule has 0 unspecified atom stereocenters. The zero-order valence-corrected chi connectivity index (χ0v) is 11.1. The maximum atomic E-state index is 12.3. The molecule has 0 aliphatic carbocycles. The molecule has 1 fully saturated rings. The van der Waals surface area contributed by atoms with Crippen LogP contribution in [0.5, 0.6) is 0 Å². The summed E-state index contributed by atoms with van der Waals surface area (Å²) in [6, 6.07) is 2.23. The molecule has 1 N–H and O–H groups in total. The number of likely N-dealkylation sites (N-methyl/N-ethyl adjacent to an activating group) is 1. The molecule has 1 aliphatic rings. The fourth-order valence-corrected chi connectivity index (χ4v) is 2.47. The van der Waals surface area contributed by atoms with E-state index in [1.165, 1.54) is 0 Å². The monoisotopic (exact) mass is 285 g/mol. The SMILES string of the molecule is CCN(C(=O)c1cc(Br)cn1C)C1CNC1. The molecule has 1 aromatic rings. The first-order valence-electron chi connectivity index (χ1n) is 5.47. The Morgan fingerprint density at radius 3 is 2.75 bits per heavy atom. The number of nitrogens with zero attached hydrogens (tertiary/aromatic N) is 2. The molecule has 16 heavy (non-hydrogen) atoms. The zero-order valence-electron chi connectivity index (χ0n) is 9.53. The van der Waals surface area contributed by atoms with Crippen LogP contribution in [0.3, 0.4) is 0 Å². The Kier molecular flexibility index (Phi) is 3.35. The third-order valence-corrected chi connectivity index (χ3v) is 3.43. The number of nitrogens with one attached hydrogen (secondary N) is 1. The summed E-state index contributed by atoms with van der Waals surface area (Å²) in [5, 5.41) is 3.19. The van der Waals surface area contributed by atoms with Crippen LogP contribution >= 0.6 is 15.9 Å². The van der Waals surface area contributed by atoms with Crippen LogP contribution in [0.1, 0.15) is 17.4 Å². The molecule has 0 spiro atoms. The van der Waals surface area contributed by atoms with Crippen molar-refractivity contribution in [1.29, 1.82) is 0 Å². The minimum atomic E-state index is 0.113. The van der Waals surface area contributed by atoms with Crippen molar-refractivity contribution in [3.05, 3.63) is 22.4 Å². The molecule has 4 nitrogen and oxygen atoms in total. The van der Waals surface area contributed by atoms with Gasteiger partial charge in [-0.25, -0.2) is 0 Å². The van der Waals surface area contributed by atoms with Gasteiger partial charge >= 0.3 is 0 Å². The van der Waals surface area contributed by atoms with E-state index in [1.807, 2.05) is 35.7 Å². The van der Waals surface area contributed by atoms with Crippen molar-refractivity contribution < 1.29 is 4.79 Å².